The fourth-order valence-electron chi connectivity index (χ4n) is 5.51. The van der Waals surface area contributed by atoms with Crippen molar-refractivity contribution in [3.05, 3.63) is 65.2 Å². The van der Waals surface area contributed by atoms with Gasteiger partial charge in [-0.1, -0.05) is 51.1 Å². The van der Waals surface area contributed by atoms with Crippen LogP contribution in [0.3, 0.4) is 0 Å². The van der Waals surface area contributed by atoms with Gasteiger partial charge in [-0.25, -0.2) is 9.97 Å². The second-order valence-corrected chi connectivity index (χ2v) is 9.10. The highest BCUT2D eigenvalue weighted by atomic mass is 16.5. The van der Waals surface area contributed by atoms with Crippen molar-refractivity contribution >= 4 is 16.7 Å². The van der Waals surface area contributed by atoms with E-state index in [1.54, 1.807) is 6.07 Å². The summed E-state index contributed by atoms with van der Waals surface area (Å²) in [6.07, 6.45) is 1.28. The molecule has 1 fully saturated rings. The zero-order chi connectivity index (χ0) is 22.0. The van der Waals surface area contributed by atoms with Crippen LogP contribution in [-0.2, 0) is 15.6 Å². The quantitative estimate of drug-likeness (QED) is 0.463. The van der Waals surface area contributed by atoms with Crippen molar-refractivity contribution in [1.82, 2.24) is 9.97 Å². The van der Waals surface area contributed by atoms with Gasteiger partial charge in [0.1, 0.15) is 23.3 Å². The van der Waals surface area contributed by atoms with Gasteiger partial charge in [0.05, 0.1) is 11.4 Å². The molecule has 2 aromatic carbocycles. The number of hydrogen-bond acceptors (Lipinski definition) is 6. The number of nitriles is 2. The third-order valence-electron chi connectivity index (χ3n) is 7.76. The van der Waals surface area contributed by atoms with E-state index in [0.29, 0.717) is 23.6 Å². The highest BCUT2D eigenvalue weighted by Crippen LogP contribution is 2.70. The van der Waals surface area contributed by atoms with Crippen LogP contribution in [0, 0.1) is 28.1 Å². The van der Waals surface area contributed by atoms with E-state index in [9.17, 15) is 15.3 Å². The number of benzene rings is 2. The van der Waals surface area contributed by atoms with E-state index in [-0.39, 0.29) is 11.4 Å². The summed E-state index contributed by atoms with van der Waals surface area (Å²) < 4.78 is 5.94. The third-order valence-corrected chi connectivity index (χ3v) is 7.76. The predicted molar refractivity (Wildman–Crippen MR) is 113 cm³/mol. The van der Waals surface area contributed by atoms with E-state index in [2.05, 4.69) is 16.9 Å². The minimum atomic E-state index is -1.03. The maximum atomic E-state index is 13.8. The van der Waals surface area contributed by atoms with Gasteiger partial charge in [-0.2, -0.15) is 10.5 Å². The Morgan fingerprint density at radius 2 is 1.58 bits per heavy atom. The van der Waals surface area contributed by atoms with Crippen LogP contribution in [0.5, 0.6) is 5.75 Å². The first kappa shape index (κ1) is 19.2. The molecule has 2 aliphatic carbocycles. The van der Waals surface area contributed by atoms with Crippen molar-refractivity contribution in [1.29, 1.82) is 10.5 Å². The fraction of sp³-hybridized carbons (Fsp3) is 0.320. The van der Waals surface area contributed by atoms with E-state index < -0.39 is 22.2 Å². The maximum Gasteiger partial charge on any atom is 0.324 e. The lowest BCUT2D eigenvalue weighted by Gasteiger charge is -2.38. The molecule has 1 aromatic heterocycles. The Hall–Kier alpha value is -3.77. The molecular formula is C25H20N4O2. The molecule has 1 heterocycles. The molecule has 2 bridgehead atoms. The molecule has 0 spiro atoms. The van der Waals surface area contributed by atoms with Gasteiger partial charge in [-0.05, 0) is 41.2 Å². The lowest BCUT2D eigenvalue weighted by atomic mass is 9.64. The van der Waals surface area contributed by atoms with Gasteiger partial charge in [-0.15, -0.1) is 0 Å². The summed E-state index contributed by atoms with van der Waals surface area (Å²) in [5.74, 6) is 0.0798. The van der Waals surface area contributed by atoms with Crippen LogP contribution in [0.2, 0.25) is 0 Å². The number of esters is 1. The van der Waals surface area contributed by atoms with Crippen molar-refractivity contribution in [2.24, 2.45) is 5.41 Å². The van der Waals surface area contributed by atoms with Gasteiger partial charge >= 0.3 is 5.97 Å². The Morgan fingerprint density at radius 3 is 2.26 bits per heavy atom. The first-order valence-electron chi connectivity index (χ1n) is 10.2. The van der Waals surface area contributed by atoms with Gasteiger partial charge < -0.3 is 4.74 Å². The zero-order valence-electron chi connectivity index (χ0n) is 17.6. The van der Waals surface area contributed by atoms with Crippen molar-refractivity contribution < 1.29 is 9.53 Å². The van der Waals surface area contributed by atoms with Crippen LogP contribution in [0.25, 0.3) is 10.8 Å². The Kier molecular flexibility index (Phi) is 3.79. The molecule has 2 atom stereocenters. The monoisotopic (exact) mass is 408 g/mol. The van der Waals surface area contributed by atoms with Crippen LogP contribution in [0.1, 0.15) is 56.4 Å². The minimum absolute atomic E-state index is 0.00358. The lowest BCUT2D eigenvalue weighted by molar-refractivity contribution is -0.145. The Bertz CT molecular complexity index is 1360. The standard InChI is InChI=1S/C25H20N4O2/c1-23(2)24(3)10-11-25(23,21-20(24)28-18(13-26)19(14-27)29-21)22(30)31-17-9-8-15-6-4-5-7-16(15)12-17/h4-9,12H,10-11H2,1-3H3. The molecule has 2 aliphatic rings. The fourth-order valence-corrected chi connectivity index (χ4v) is 5.51. The SMILES string of the molecule is CC12CCC(C(=O)Oc3ccc4ccccc4c3)(c3nc(C#N)c(C#N)nc31)C2(C)C. The van der Waals surface area contributed by atoms with Crippen LogP contribution in [0.4, 0.5) is 0 Å². The number of carbonyl (C=O) groups excluding carboxylic acids is 1. The summed E-state index contributed by atoms with van der Waals surface area (Å²) in [5, 5.41) is 21.0. The van der Waals surface area contributed by atoms with E-state index >= 15 is 0 Å². The number of ether oxygens (including phenoxy) is 1. The van der Waals surface area contributed by atoms with E-state index in [4.69, 9.17) is 4.74 Å². The summed E-state index contributed by atoms with van der Waals surface area (Å²) in [6, 6.07) is 17.4. The summed E-state index contributed by atoms with van der Waals surface area (Å²) in [5.41, 5.74) is -0.957. The molecule has 0 aliphatic heterocycles. The molecular weight excluding hydrogens is 388 g/mol. The van der Waals surface area contributed by atoms with Crippen LogP contribution < -0.4 is 4.74 Å². The molecule has 6 nitrogen and oxygen atoms in total. The molecule has 0 saturated heterocycles. The van der Waals surface area contributed by atoms with Crippen LogP contribution in [-0.4, -0.2) is 15.9 Å². The normalized spacial score (nSPS) is 24.9. The van der Waals surface area contributed by atoms with Gasteiger partial charge in [0, 0.05) is 5.41 Å². The molecule has 0 N–H and O–H groups in total. The number of hydrogen-bond donors (Lipinski definition) is 0. The maximum absolute atomic E-state index is 13.8. The number of rotatable bonds is 2. The average molecular weight is 408 g/mol. The Morgan fingerprint density at radius 1 is 0.935 bits per heavy atom. The molecule has 6 heteroatoms. The molecule has 152 valence electrons. The van der Waals surface area contributed by atoms with Crippen molar-refractivity contribution in [3.8, 4) is 17.9 Å². The van der Waals surface area contributed by atoms with Crippen LogP contribution >= 0.6 is 0 Å². The number of aromatic nitrogens is 2. The first-order chi connectivity index (χ1) is 14.8. The van der Waals surface area contributed by atoms with E-state index in [0.717, 1.165) is 17.2 Å². The highest BCUT2D eigenvalue weighted by molar-refractivity contribution is 5.90. The number of nitrogens with zero attached hydrogens (tertiary/aromatic N) is 4. The number of fused-ring (bicyclic) bond motifs is 6. The topological polar surface area (TPSA) is 99.7 Å². The van der Waals surface area contributed by atoms with Crippen LogP contribution in [0.15, 0.2) is 42.5 Å². The van der Waals surface area contributed by atoms with Crippen molar-refractivity contribution in [2.75, 3.05) is 0 Å². The molecule has 31 heavy (non-hydrogen) atoms. The molecule has 0 amide bonds. The van der Waals surface area contributed by atoms with E-state index in [1.807, 2.05) is 62.4 Å². The van der Waals surface area contributed by atoms with Gasteiger partial charge in [0.2, 0.25) is 0 Å². The molecule has 2 unspecified atom stereocenters. The summed E-state index contributed by atoms with van der Waals surface area (Å²) >= 11 is 0. The van der Waals surface area contributed by atoms with E-state index in [1.165, 1.54) is 0 Å². The Balaban J connectivity index is 1.65. The summed E-state index contributed by atoms with van der Waals surface area (Å²) in [6.45, 7) is 6.12. The average Bonchev–Trinajstić information content (AvgIpc) is 3.07. The van der Waals surface area contributed by atoms with Crippen molar-refractivity contribution in [2.45, 2.75) is 44.4 Å². The first-order valence-corrected chi connectivity index (χ1v) is 10.2. The number of carbonyl (C=O) groups is 1. The minimum Gasteiger partial charge on any atom is -0.426 e. The van der Waals surface area contributed by atoms with Crippen molar-refractivity contribution in [3.63, 3.8) is 0 Å². The third kappa shape index (κ3) is 2.22. The molecule has 5 rings (SSSR count). The molecule has 1 saturated carbocycles. The predicted octanol–water partition coefficient (Wildman–Crippen LogP) is 4.31. The lowest BCUT2D eigenvalue weighted by Crippen LogP contribution is -2.48. The second kappa shape index (κ2) is 6.12. The van der Waals surface area contributed by atoms with Gasteiger partial charge in [-0.3, -0.25) is 4.79 Å². The van der Waals surface area contributed by atoms with Gasteiger partial charge in [0.15, 0.2) is 11.4 Å². The highest BCUT2D eigenvalue weighted by Gasteiger charge is 2.74. The van der Waals surface area contributed by atoms with Gasteiger partial charge in [0.25, 0.3) is 0 Å². The zero-order valence-corrected chi connectivity index (χ0v) is 17.6. The Labute approximate surface area is 180 Å². The smallest absolute Gasteiger partial charge is 0.324 e. The summed E-state index contributed by atoms with van der Waals surface area (Å²) in [4.78, 5) is 22.8. The molecule has 3 aromatic rings. The largest absolute Gasteiger partial charge is 0.426 e. The molecule has 0 radical (unpaired) electrons. The second-order valence-electron chi connectivity index (χ2n) is 9.10. The summed E-state index contributed by atoms with van der Waals surface area (Å²) in [7, 11) is 0.